The van der Waals surface area contributed by atoms with Gasteiger partial charge in [0, 0.05) is 23.5 Å². The molecule has 2 amide bonds. The van der Waals surface area contributed by atoms with Gasteiger partial charge in [-0.05, 0) is 17.7 Å². The summed E-state index contributed by atoms with van der Waals surface area (Å²) in [6, 6.07) is 7.49. The summed E-state index contributed by atoms with van der Waals surface area (Å²) >= 11 is 5.86. The summed E-state index contributed by atoms with van der Waals surface area (Å²) in [5.41, 5.74) is 0.992. The number of benzene rings is 1. The number of urea groups is 1. The average molecular weight is 267 g/mol. The summed E-state index contributed by atoms with van der Waals surface area (Å²) < 4.78 is 0. The van der Waals surface area contributed by atoms with E-state index in [1.54, 1.807) is 6.08 Å². The zero-order chi connectivity index (χ0) is 13.6. The van der Waals surface area contributed by atoms with E-state index in [0.29, 0.717) is 18.1 Å². The van der Waals surface area contributed by atoms with Gasteiger partial charge < -0.3 is 10.6 Å². The SMILES string of the molecule is C=CCNC(=O)NCC(C)(C)c1ccc(Cl)cc1. The first kappa shape index (κ1) is 14.6. The van der Waals surface area contributed by atoms with Crippen molar-refractivity contribution in [2.75, 3.05) is 13.1 Å². The largest absolute Gasteiger partial charge is 0.337 e. The van der Waals surface area contributed by atoms with Gasteiger partial charge in [-0.2, -0.15) is 0 Å². The summed E-state index contributed by atoms with van der Waals surface area (Å²) in [5.74, 6) is 0. The standard InChI is InChI=1S/C14H19ClN2O/c1-4-9-16-13(18)17-10-14(2,3)11-5-7-12(15)8-6-11/h4-8H,1,9-10H2,2-3H3,(H2,16,17,18). The molecular formula is C14H19ClN2O. The smallest absolute Gasteiger partial charge is 0.315 e. The first-order chi connectivity index (χ1) is 8.45. The second-order valence-electron chi connectivity index (χ2n) is 4.74. The lowest BCUT2D eigenvalue weighted by Gasteiger charge is -2.25. The Morgan fingerprint density at radius 2 is 1.94 bits per heavy atom. The Kier molecular flexibility index (Phi) is 5.23. The molecule has 0 atom stereocenters. The fourth-order valence-electron chi connectivity index (χ4n) is 1.53. The van der Waals surface area contributed by atoms with Gasteiger partial charge in [-0.15, -0.1) is 6.58 Å². The molecule has 0 bridgehead atoms. The van der Waals surface area contributed by atoms with Crippen LogP contribution in [0, 0.1) is 0 Å². The fraction of sp³-hybridized carbons (Fsp3) is 0.357. The predicted molar refractivity (Wildman–Crippen MR) is 76.1 cm³/mol. The van der Waals surface area contributed by atoms with E-state index in [1.165, 1.54) is 0 Å². The average Bonchev–Trinajstić information content (AvgIpc) is 2.34. The highest BCUT2D eigenvalue weighted by atomic mass is 35.5. The minimum Gasteiger partial charge on any atom is -0.337 e. The second-order valence-corrected chi connectivity index (χ2v) is 5.18. The molecule has 18 heavy (non-hydrogen) atoms. The molecule has 0 aliphatic carbocycles. The fourth-order valence-corrected chi connectivity index (χ4v) is 1.66. The number of rotatable bonds is 5. The molecule has 3 nitrogen and oxygen atoms in total. The zero-order valence-electron chi connectivity index (χ0n) is 10.8. The first-order valence-electron chi connectivity index (χ1n) is 5.84. The van der Waals surface area contributed by atoms with Crippen molar-refractivity contribution in [2.45, 2.75) is 19.3 Å². The van der Waals surface area contributed by atoms with E-state index in [2.05, 4.69) is 31.1 Å². The number of amides is 2. The van der Waals surface area contributed by atoms with Crippen LogP contribution in [0.1, 0.15) is 19.4 Å². The number of hydrogen-bond donors (Lipinski definition) is 2. The first-order valence-corrected chi connectivity index (χ1v) is 6.22. The van der Waals surface area contributed by atoms with Crippen LogP contribution >= 0.6 is 11.6 Å². The van der Waals surface area contributed by atoms with E-state index in [-0.39, 0.29) is 11.4 Å². The van der Waals surface area contributed by atoms with Crippen molar-refractivity contribution < 1.29 is 4.79 Å². The van der Waals surface area contributed by atoms with Crippen molar-refractivity contribution in [3.05, 3.63) is 47.5 Å². The van der Waals surface area contributed by atoms with E-state index in [0.717, 1.165) is 5.56 Å². The molecule has 0 radical (unpaired) electrons. The van der Waals surface area contributed by atoms with Crippen LogP contribution in [0.15, 0.2) is 36.9 Å². The van der Waals surface area contributed by atoms with E-state index < -0.39 is 0 Å². The third kappa shape index (κ3) is 4.41. The normalized spacial score (nSPS) is 10.8. The van der Waals surface area contributed by atoms with Crippen molar-refractivity contribution in [1.82, 2.24) is 10.6 Å². The summed E-state index contributed by atoms with van der Waals surface area (Å²) in [6.07, 6.45) is 1.64. The maximum atomic E-state index is 11.4. The zero-order valence-corrected chi connectivity index (χ0v) is 11.6. The minimum absolute atomic E-state index is 0.143. The van der Waals surface area contributed by atoms with Crippen molar-refractivity contribution in [2.24, 2.45) is 0 Å². The Bertz CT molecular complexity index is 412. The molecular weight excluding hydrogens is 248 g/mol. The molecule has 98 valence electrons. The van der Waals surface area contributed by atoms with E-state index in [4.69, 9.17) is 11.6 Å². The van der Waals surface area contributed by atoms with Crippen LogP contribution in [0.3, 0.4) is 0 Å². The van der Waals surface area contributed by atoms with Gasteiger partial charge >= 0.3 is 6.03 Å². The van der Waals surface area contributed by atoms with Crippen molar-refractivity contribution in [3.63, 3.8) is 0 Å². The summed E-state index contributed by atoms with van der Waals surface area (Å²) in [4.78, 5) is 11.4. The van der Waals surface area contributed by atoms with Crippen LogP contribution < -0.4 is 10.6 Å². The van der Waals surface area contributed by atoms with Gasteiger partial charge in [0.25, 0.3) is 0 Å². The van der Waals surface area contributed by atoms with Crippen molar-refractivity contribution >= 4 is 17.6 Å². The van der Waals surface area contributed by atoms with Crippen LogP contribution in [-0.4, -0.2) is 19.1 Å². The van der Waals surface area contributed by atoms with Crippen LogP contribution in [0.4, 0.5) is 4.79 Å². The van der Waals surface area contributed by atoms with Gasteiger partial charge in [-0.3, -0.25) is 0 Å². The van der Waals surface area contributed by atoms with Crippen LogP contribution in [0.5, 0.6) is 0 Å². The Morgan fingerprint density at radius 3 is 2.50 bits per heavy atom. The molecule has 2 N–H and O–H groups in total. The van der Waals surface area contributed by atoms with Gasteiger partial charge in [0.15, 0.2) is 0 Å². The molecule has 4 heteroatoms. The molecule has 0 unspecified atom stereocenters. The molecule has 0 aliphatic heterocycles. The number of carbonyl (C=O) groups is 1. The number of carbonyl (C=O) groups excluding carboxylic acids is 1. The quantitative estimate of drug-likeness (QED) is 0.790. The van der Waals surface area contributed by atoms with Crippen LogP contribution in [0.25, 0.3) is 0 Å². The van der Waals surface area contributed by atoms with Gasteiger partial charge in [0.1, 0.15) is 0 Å². The van der Waals surface area contributed by atoms with Crippen molar-refractivity contribution in [3.8, 4) is 0 Å². The Labute approximate surface area is 113 Å². The Morgan fingerprint density at radius 1 is 1.33 bits per heavy atom. The van der Waals surface area contributed by atoms with Gasteiger partial charge in [-0.25, -0.2) is 4.79 Å². The van der Waals surface area contributed by atoms with E-state index >= 15 is 0 Å². The van der Waals surface area contributed by atoms with Crippen LogP contribution in [-0.2, 0) is 5.41 Å². The lowest BCUT2D eigenvalue weighted by atomic mass is 9.85. The monoisotopic (exact) mass is 266 g/mol. The Hall–Kier alpha value is -1.48. The predicted octanol–water partition coefficient (Wildman–Crippen LogP) is 3.10. The number of hydrogen-bond acceptors (Lipinski definition) is 1. The van der Waals surface area contributed by atoms with E-state index in [9.17, 15) is 4.79 Å². The molecule has 1 aromatic rings. The minimum atomic E-state index is -0.183. The number of halogens is 1. The molecule has 0 aromatic heterocycles. The van der Waals surface area contributed by atoms with Gasteiger partial charge in [0.05, 0.1) is 0 Å². The maximum Gasteiger partial charge on any atom is 0.315 e. The third-order valence-corrected chi connectivity index (χ3v) is 2.98. The molecule has 0 heterocycles. The maximum absolute atomic E-state index is 11.4. The third-order valence-electron chi connectivity index (χ3n) is 2.72. The summed E-state index contributed by atoms with van der Waals surface area (Å²) in [7, 11) is 0. The van der Waals surface area contributed by atoms with Crippen molar-refractivity contribution in [1.29, 1.82) is 0 Å². The molecule has 1 aromatic carbocycles. The molecule has 1 rings (SSSR count). The molecule has 0 spiro atoms. The molecule has 0 aliphatic rings. The Balaban J connectivity index is 2.56. The lowest BCUT2D eigenvalue weighted by molar-refractivity contribution is 0.239. The molecule has 0 saturated carbocycles. The number of nitrogens with one attached hydrogen (secondary N) is 2. The molecule has 0 fully saturated rings. The lowest BCUT2D eigenvalue weighted by Crippen LogP contribution is -2.42. The summed E-state index contributed by atoms with van der Waals surface area (Å²) in [6.45, 7) is 8.71. The van der Waals surface area contributed by atoms with Crippen LogP contribution in [0.2, 0.25) is 5.02 Å². The molecule has 0 saturated heterocycles. The highest BCUT2D eigenvalue weighted by Crippen LogP contribution is 2.23. The topological polar surface area (TPSA) is 41.1 Å². The highest BCUT2D eigenvalue weighted by molar-refractivity contribution is 6.30. The second kappa shape index (κ2) is 6.45. The summed E-state index contributed by atoms with van der Waals surface area (Å²) in [5, 5.41) is 6.23. The van der Waals surface area contributed by atoms with E-state index in [1.807, 2.05) is 24.3 Å². The van der Waals surface area contributed by atoms with Gasteiger partial charge in [0.2, 0.25) is 0 Å². The van der Waals surface area contributed by atoms with Gasteiger partial charge in [-0.1, -0.05) is 43.7 Å². The highest BCUT2D eigenvalue weighted by Gasteiger charge is 2.21.